The second kappa shape index (κ2) is 7.49. The summed E-state index contributed by atoms with van der Waals surface area (Å²) in [7, 11) is 0. The zero-order chi connectivity index (χ0) is 14.2. The molecule has 2 rings (SSSR count). The van der Waals surface area contributed by atoms with Gasteiger partial charge >= 0.3 is 6.01 Å². The van der Waals surface area contributed by atoms with Crippen molar-refractivity contribution in [1.82, 2.24) is 10.2 Å². The maximum absolute atomic E-state index is 5.56. The molecule has 0 radical (unpaired) electrons. The lowest BCUT2D eigenvalue weighted by atomic mass is 10.2. The van der Waals surface area contributed by atoms with Gasteiger partial charge in [-0.2, -0.15) is 0 Å². The minimum Gasteiger partial charge on any atom is -0.494 e. The van der Waals surface area contributed by atoms with Crippen LogP contribution in [-0.2, 0) is 17.9 Å². The molecule has 1 aromatic carbocycles. The number of ether oxygens (including phenoxy) is 2. The molecule has 0 amide bonds. The summed E-state index contributed by atoms with van der Waals surface area (Å²) < 4.78 is 16.2. The molecule has 0 aliphatic carbocycles. The van der Waals surface area contributed by atoms with Crippen LogP contribution < -0.4 is 10.1 Å². The van der Waals surface area contributed by atoms with Gasteiger partial charge in [0, 0.05) is 18.7 Å². The Hall–Kier alpha value is -2.08. The Balaban J connectivity index is 1.93. The average Bonchev–Trinajstić information content (AvgIpc) is 2.92. The maximum Gasteiger partial charge on any atom is 0.315 e. The van der Waals surface area contributed by atoms with E-state index < -0.39 is 0 Å². The molecule has 0 fully saturated rings. The largest absolute Gasteiger partial charge is 0.494 e. The van der Waals surface area contributed by atoms with Crippen molar-refractivity contribution in [3.63, 3.8) is 0 Å². The summed E-state index contributed by atoms with van der Waals surface area (Å²) in [6, 6.07) is 8.23. The second-order valence-electron chi connectivity index (χ2n) is 4.03. The smallest absolute Gasteiger partial charge is 0.315 e. The van der Waals surface area contributed by atoms with Crippen molar-refractivity contribution in [1.29, 1.82) is 0 Å². The third-order valence-corrected chi connectivity index (χ3v) is 2.60. The Morgan fingerprint density at radius 3 is 2.80 bits per heavy atom. The molecule has 0 atom stereocenters. The number of hydrogen-bond acceptors (Lipinski definition) is 6. The predicted molar refractivity (Wildman–Crippen MR) is 74.6 cm³/mol. The van der Waals surface area contributed by atoms with Gasteiger partial charge in [0.15, 0.2) is 0 Å². The van der Waals surface area contributed by atoms with Crippen LogP contribution in [0.15, 0.2) is 28.7 Å². The third kappa shape index (κ3) is 3.96. The lowest BCUT2D eigenvalue weighted by Crippen LogP contribution is -2.03. The highest BCUT2D eigenvalue weighted by molar-refractivity contribution is 5.35. The van der Waals surface area contributed by atoms with E-state index in [1.165, 1.54) is 0 Å². The van der Waals surface area contributed by atoms with E-state index in [1.54, 1.807) is 0 Å². The molecular formula is C14H19N3O3. The van der Waals surface area contributed by atoms with E-state index in [9.17, 15) is 0 Å². The Kier molecular flexibility index (Phi) is 5.37. The minimum absolute atomic E-state index is 0.334. The van der Waals surface area contributed by atoms with Gasteiger partial charge in [-0.05, 0) is 19.9 Å². The van der Waals surface area contributed by atoms with Gasteiger partial charge in [0.05, 0.1) is 6.61 Å². The predicted octanol–water partition coefficient (Wildman–Crippen LogP) is 2.62. The zero-order valence-corrected chi connectivity index (χ0v) is 11.8. The van der Waals surface area contributed by atoms with Gasteiger partial charge in [0.25, 0.3) is 0 Å². The molecule has 108 valence electrons. The molecule has 0 saturated carbocycles. The molecule has 6 heteroatoms. The van der Waals surface area contributed by atoms with E-state index in [0.29, 0.717) is 38.3 Å². The van der Waals surface area contributed by atoms with E-state index in [1.807, 2.05) is 38.1 Å². The van der Waals surface area contributed by atoms with Crippen molar-refractivity contribution in [3.05, 3.63) is 35.7 Å². The van der Waals surface area contributed by atoms with Crippen LogP contribution in [0.5, 0.6) is 5.75 Å². The van der Waals surface area contributed by atoms with Crippen molar-refractivity contribution in [2.24, 2.45) is 0 Å². The molecule has 0 spiro atoms. The number of nitrogens with zero attached hydrogens (tertiary/aromatic N) is 2. The third-order valence-electron chi connectivity index (χ3n) is 2.60. The number of para-hydroxylation sites is 1. The van der Waals surface area contributed by atoms with Crippen LogP contribution in [0.2, 0.25) is 0 Å². The van der Waals surface area contributed by atoms with Gasteiger partial charge in [0.2, 0.25) is 5.89 Å². The van der Waals surface area contributed by atoms with Crippen LogP contribution in [0.4, 0.5) is 6.01 Å². The topological polar surface area (TPSA) is 69.4 Å². The Morgan fingerprint density at radius 1 is 1.15 bits per heavy atom. The van der Waals surface area contributed by atoms with Crippen LogP contribution in [0, 0.1) is 0 Å². The maximum atomic E-state index is 5.56. The van der Waals surface area contributed by atoms with E-state index in [4.69, 9.17) is 13.9 Å². The molecule has 0 aliphatic rings. The van der Waals surface area contributed by atoms with E-state index in [-0.39, 0.29) is 0 Å². The zero-order valence-electron chi connectivity index (χ0n) is 11.8. The molecule has 0 saturated heterocycles. The number of rotatable bonds is 8. The second-order valence-corrected chi connectivity index (χ2v) is 4.03. The minimum atomic E-state index is 0.334. The van der Waals surface area contributed by atoms with Crippen LogP contribution >= 0.6 is 0 Å². The van der Waals surface area contributed by atoms with Crippen molar-refractivity contribution in [2.45, 2.75) is 27.0 Å². The molecule has 20 heavy (non-hydrogen) atoms. The van der Waals surface area contributed by atoms with E-state index in [2.05, 4.69) is 15.5 Å². The van der Waals surface area contributed by atoms with Gasteiger partial charge in [-0.3, -0.25) is 0 Å². The standard InChI is InChI=1S/C14H19N3O3/c1-3-18-10-13-16-17-14(20-13)15-9-11-7-5-6-8-12(11)19-4-2/h5-8H,3-4,9-10H2,1-2H3,(H,15,17). The summed E-state index contributed by atoms with van der Waals surface area (Å²) in [4.78, 5) is 0. The van der Waals surface area contributed by atoms with E-state index in [0.717, 1.165) is 11.3 Å². The highest BCUT2D eigenvalue weighted by Crippen LogP contribution is 2.19. The monoisotopic (exact) mass is 277 g/mol. The average molecular weight is 277 g/mol. The number of benzene rings is 1. The number of anilines is 1. The molecule has 6 nitrogen and oxygen atoms in total. The molecule has 1 N–H and O–H groups in total. The molecule has 0 bridgehead atoms. The normalized spacial score (nSPS) is 10.5. The first-order valence-corrected chi connectivity index (χ1v) is 6.68. The van der Waals surface area contributed by atoms with Crippen LogP contribution in [0.25, 0.3) is 0 Å². The van der Waals surface area contributed by atoms with Gasteiger partial charge < -0.3 is 19.2 Å². The van der Waals surface area contributed by atoms with Gasteiger partial charge in [-0.1, -0.05) is 23.3 Å². The Bertz CT molecular complexity index is 528. The van der Waals surface area contributed by atoms with Crippen molar-refractivity contribution in [3.8, 4) is 5.75 Å². The summed E-state index contributed by atoms with van der Waals surface area (Å²) in [5.74, 6) is 1.32. The molecule has 0 aliphatic heterocycles. The van der Waals surface area contributed by atoms with Crippen molar-refractivity contribution < 1.29 is 13.9 Å². The first kappa shape index (κ1) is 14.3. The van der Waals surface area contributed by atoms with Crippen molar-refractivity contribution >= 4 is 6.01 Å². The van der Waals surface area contributed by atoms with Crippen LogP contribution in [-0.4, -0.2) is 23.4 Å². The van der Waals surface area contributed by atoms with Gasteiger partial charge in [-0.15, -0.1) is 5.10 Å². The fourth-order valence-electron chi connectivity index (χ4n) is 1.69. The fourth-order valence-corrected chi connectivity index (χ4v) is 1.69. The summed E-state index contributed by atoms with van der Waals surface area (Å²) in [5.41, 5.74) is 1.04. The molecule has 0 unspecified atom stereocenters. The molecular weight excluding hydrogens is 258 g/mol. The molecule has 1 heterocycles. The quantitative estimate of drug-likeness (QED) is 0.800. The lowest BCUT2D eigenvalue weighted by Gasteiger charge is -2.09. The fraction of sp³-hybridized carbons (Fsp3) is 0.429. The summed E-state index contributed by atoms with van der Waals surface area (Å²) >= 11 is 0. The number of hydrogen-bond donors (Lipinski definition) is 1. The SMILES string of the molecule is CCOCc1nnc(NCc2ccccc2OCC)o1. The first-order valence-electron chi connectivity index (χ1n) is 6.68. The Morgan fingerprint density at radius 2 is 2.00 bits per heavy atom. The van der Waals surface area contributed by atoms with Crippen molar-refractivity contribution in [2.75, 3.05) is 18.5 Å². The Labute approximate surface area is 118 Å². The highest BCUT2D eigenvalue weighted by Gasteiger charge is 2.07. The summed E-state index contributed by atoms with van der Waals surface area (Å²) in [6.07, 6.45) is 0. The van der Waals surface area contributed by atoms with Crippen LogP contribution in [0.1, 0.15) is 25.3 Å². The number of nitrogens with one attached hydrogen (secondary N) is 1. The lowest BCUT2D eigenvalue weighted by molar-refractivity contribution is 0.115. The van der Waals surface area contributed by atoms with Gasteiger partial charge in [-0.25, -0.2) is 0 Å². The molecule has 2 aromatic rings. The van der Waals surface area contributed by atoms with E-state index >= 15 is 0 Å². The number of aromatic nitrogens is 2. The highest BCUT2D eigenvalue weighted by atomic mass is 16.5. The van der Waals surface area contributed by atoms with Gasteiger partial charge in [0.1, 0.15) is 12.4 Å². The molecule has 1 aromatic heterocycles. The summed E-state index contributed by atoms with van der Waals surface area (Å²) in [6.45, 7) is 6.03. The van der Waals surface area contributed by atoms with Crippen LogP contribution in [0.3, 0.4) is 0 Å². The first-order chi connectivity index (χ1) is 9.83. The summed E-state index contributed by atoms with van der Waals surface area (Å²) in [5, 5.41) is 10.9.